The van der Waals surface area contributed by atoms with Crippen LogP contribution in [0.15, 0.2) is 109 Å². The topological polar surface area (TPSA) is 78.9 Å². The molecule has 0 saturated heterocycles. The number of ether oxygens (including phenoxy) is 3. The van der Waals surface area contributed by atoms with E-state index in [4.69, 9.17) is 14.2 Å². The van der Waals surface area contributed by atoms with Gasteiger partial charge in [-0.15, -0.1) is 0 Å². The molecule has 0 rings (SSSR count). The first-order chi connectivity index (χ1) is 37.0. The van der Waals surface area contributed by atoms with Gasteiger partial charge in [0.25, 0.3) is 0 Å². The zero-order valence-electron chi connectivity index (χ0n) is 49.0. The first-order valence-corrected chi connectivity index (χ1v) is 31.4. The van der Waals surface area contributed by atoms with Gasteiger partial charge in [-0.3, -0.25) is 14.4 Å². The van der Waals surface area contributed by atoms with Gasteiger partial charge in [0.15, 0.2) is 6.10 Å². The summed E-state index contributed by atoms with van der Waals surface area (Å²) in [6.45, 7) is 6.48. The summed E-state index contributed by atoms with van der Waals surface area (Å²) >= 11 is 0. The van der Waals surface area contributed by atoms with Crippen LogP contribution in [-0.2, 0) is 28.6 Å². The minimum atomic E-state index is -0.810. The predicted octanol–water partition coefficient (Wildman–Crippen LogP) is 21.4. The van der Waals surface area contributed by atoms with Gasteiger partial charge in [0, 0.05) is 19.3 Å². The number of hydrogen-bond donors (Lipinski definition) is 0. The van der Waals surface area contributed by atoms with Gasteiger partial charge < -0.3 is 14.2 Å². The molecule has 0 bridgehead atoms. The lowest BCUT2D eigenvalue weighted by Crippen LogP contribution is -2.30. The maximum Gasteiger partial charge on any atom is 0.306 e. The molecule has 0 heterocycles. The van der Waals surface area contributed by atoms with Crippen molar-refractivity contribution in [1.29, 1.82) is 0 Å². The molecule has 0 amide bonds. The fraction of sp³-hybridized carbons (Fsp3) is 0.696. The van der Waals surface area contributed by atoms with Gasteiger partial charge in [0.05, 0.1) is 0 Å². The number of rotatable bonds is 56. The zero-order valence-corrected chi connectivity index (χ0v) is 49.0. The van der Waals surface area contributed by atoms with Gasteiger partial charge in [-0.25, -0.2) is 0 Å². The number of hydrogen-bond acceptors (Lipinski definition) is 6. The van der Waals surface area contributed by atoms with Crippen LogP contribution in [0.2, 0.25) is 0 Å². The summed E-state index contributed by atoms with van der Waals surface area (Å²) in [7, 11) is 0. The van der Waals surface area contributed by atoms with Crippen molar-refractivity contribution in [3.05, 3.63) is 109 Å². The third-order valence-corrected chi connectivity index (χ3v) is 13.2. The van der Waals surface area contributed by atoms with E-state index < -0.39 is 6.10 Å². The number of unbranched alkanes of at least 4 members (excludes halogenated alkanes) is 27. The average Bonchev–Trinajstić information content (AvgIpc) is 3.41. The van der Waals surface area contributed by atoms with Gasteiger partial charge in [0.1, 0.15) is 13.2 Å². The summed E-state index contributed by atoms with van der Waals surface area (Å²) in [6.07, 6.45) is 85.2. The highest BCUT2D eigenvalue weighted by atomic mass is 16.6. The maximum atomic E-state index is 12.9. The molecule has 428 valence electrons. The monoisotopic (exact) mass is 1040 g/mol. The summed E-state index contributed by atoms with van der Waals surface area (Å²) in [4.78, 5) is 38.3. The number of carbonyl (C=O) groups excluding carboxylic acids is 3. The van der Waals surface area contributed by atoms with Crippen LogP contribution in [-0.4, -0.2) is 37.2 Å². The van der Waals surface area contributed by atoms with Gasteiger partial charge in [-0.1, -0.05) is 259 Å². The van der Waals surface area contributed by atoms with E-state index in [9.17, 15) is 14.4 Å². The first kappa shape index (κ1) is 71.1. The summed E-state index contributed by atoms with van der Waals surface area (Å²) in [5, 5.41) is 0. The fourth-order valence-corrected chi connectivity index (χ4v) is 8.54. The Bertz CT molecular complexity index is 1520. The second-order valence-electron chi connectivity index (χ2n) is 20.6. The van der Waals surface area contributed by atoms with Gasteiger partial charge in [-0.2, -0.15) is 0 Å². The summed E-state index contributed by atoms with van der Waals surface area (Å²) < 4.78 is 16.9. The van der Waals surface area contributed by atoms with Crippen LogP contribution in [0.1, 0.15) is 290 Å². The van der Waals surface area contributed by atoms with Crippen molar-refractivity contribution in [1.82, 2.24) is 0 Å². The van der Waals surface area contributed by atoms with Crippen LogP contribution in [0.4, 0.5) is 0 Å². The van der Waals surface area contributed by atoms with Crippen molar-refractivity contribution in [3.63, 3.8) is 0 Å². The van der Waals surface area contributed by atoms with Crippen molar-refractivity contribution < 1.29 is 28.6 Å². The molecule has 0 saturated carbocycles. The lowest BCUT2D eigenvalue weighted by Gasteiger charge is -2.18. The van der Waals surface area contributed by atoms with Crippen LogP contribution in [0.25, 0.3) is 0 Å². The smallest absolute Gasteiger partial charge is 0.306 e. The van der Waals surface area contributed by atoms with Crippen LogP contribution >= 0.6 is 0 Å². The minimum Gasteiger partial charge on any atom is -0.462 e. The second-order valence-corrected chi connectivity index (χ2v) is 20.6. The molecular weight excluding hydrogens is 925 g/mol. The molecule has 0 aromatic carbocycles. The largest absolute Gasteiger partial charge is 0.462 e. The third kappa shape index (κ3) is 60.8. The Hall–Kier alpha value is -3.93. The molecule has 0 radical (unpaired) electrons. The molecule has 0 N–H and O–H groups in total. The Kier molecular flexibility index (Phi) is 59.3. The van der Waals surface area contributed by atoms with Crippen LogP contribution in [0.5, 0.6) is 0 Å². The van der Waals surface area contributed by atoms with Crippen molar-refractivity contribution >= 4 is 17.9 Å². The Morgan fingerprint density at radius 2 is 0.533 bits per heavy atom. The lowest BCUT2D eigenvalue weighted by molar-refractivity contribution is -0.167. The van der Waals surface area contributed by atoms with Crippen molar-refractivity contribution in [2.24, 2.45) is 0 Å². The normalized spacial score (nSPS) is 12.8. The van der Waals surface area contributed by atoms with Crippen molar-refractivity contribution in [2.75, 3.05) is 13.2 Å². The quantitative estimate of drug-likeness (QED) is 0.0261. The van der Waals surface area contributed by atoms with Crippen molar-refractivity contribution in [3.8, 4) is 0 Å². The van der Waals surface area contributed by atoms with Gasteiger partial charge in [-0.05, 0) is 122 Å². The molecule has 75 heavy (non-hydrogen) atoms. The van der Waals surface area contributed by atoms with E-state index in [1.165, 1.54) is 141 Å². The van der Waals surface area contributed by atoms with Crippen LogP contribution in [0, 0.1) is 0 Å². The predicted molar refractivity (Wildman–Crippen MR) is 325 cm³/mol. The third-order valence-electron chi connectivity index (χ3n) is 13.2. The first-order valence-electron chi connectivity index (χ1n) is 31.4. The number of carbonyl (C=O) groups is 3. The Morgan fingerprint density at radius 1 is 0.280 bits per heavy atom. The highest BCUT2D eigenvalue weighted by Crippen LogP contribution is 2.15. The van der Waals surface area contributed by atoms with E-state index in [0.717, 1.165) is 103 Å². The average molecular weight is 1040 g/mol. The van der Waals surface area contributed by atoms with E-state index in [1.807, 2.05) is 0 Å². The molecular formula is C69H116O6. The molecule has 6 heteroatoms. The molecule has 0 aliphatic carbocycles. The van der Waals surface area contributed by atoms with Gasteiger partial charge >= 0.3 is 17.9 Å². The van der Waals surface area contributed by atoms with E-state index >= 15 is 0 Å². The number of esters is 3. The molecule has 0 aromatic rings. The lowest BCUT2D eigenvalue weighted by atomic mass is 10.1. The molecule has 1 unspecified atom stereocenters. The highest BCUT2D eigenvalue weighted by molar-refractivity contribution is 5.71. The SMILES string of the molecule is CC/C=C\C/C=C\C/C=C\C/C=C\C/C=C\C/C=C\C/C=C\CCCC(=O)OCC(COC(=O)CCCCCCC/C=C\CCCCCCCCC)OC(=O)CCCCCCCCC/C=C\CCCCCCCCC. The maximum absolute atomic E-state index is 12.9. The van der Waals surface area contributed by atoms with E-state index in [-0.39, 0.29) is 37.5 Å². The Labute approximate surface area is 463 Å². The molecule has 6 nitrogen and oxygen atoms in total. The molecule has 0 aliphatic rings. The van der Waals surface area contributed by atoms with Crippen LogP contribution < -0.4 is 0 Å². The standard InChI is InChI=1S/C69H116O6/c1-4-7-10-13-16-19-22-25-28-31-33-34-35-36-37-39-41-44-47-50-53-56-59-62-68(71)74-65-66(64-73-67(70)61-58-55-52-49-46-43-40-30-27-24-21-18-15-12-9-6-3)75-69(72)63-60-57-54-51-48-45-42-38-32-29-26-23-20-17-14-11-8-5-2/h7,10,16,19,25,28-30,32-34,36-37,40-41,44,50,53,66H,4-6,8-9,11-15,17-18,20-24,26-27,31,35,38-39,42-43,45-49,51-52,54-65H2,1-3H3/b10-7-,19-16-,28-25-,32-29-,34-33-,37-36-,40-30-,44-41-,53-50-. The zero-order chi connectivity index (χ0) is 54.3. The van der Waals surface area contributed by atoms with Crippen molar-refractivity contribution in [2.45, 2.75) is 297 Å². The summed E-state index contributed by atoms with van der Waals surface area (Å²) in [6, 6.07) is 0. The van der Waals surface area contributed by atoms with E-state index in [0.29, 0.717) is 19.3 Å². The Balaban J connectivity index is 4.50. The fourth-order valence-electron chi connectivity index (χ4n) is 8.54. The molecule has 0 aliphatic heterocycles. The molecule has 0 aromatic heterocycles. The van der Waals surface area contributed by atoms with E-state index in [2.05, 4.69) is 130 Å². The number of allylic oxidation sites excluding steroid dienone is 18. The molecule has 0 fully saturated rings. The minimum absolute atomic E-state index is 0.102. The van der Waals surface area contributed by atoms with Crippen LogP contribution in [0.3, 0.4) is 0 Å². The molecule has 0 spiro atoms. The second kappa shape index (κ2) is 62.6. The summed E-state index contributed by atoms with van der Waals surface area (Å²) in [5.74, 6) is -0.970. The highest BCUT2D eigenvalue weighted by Gasteiger charge is 2.19. The Morgan fingerprint density at radius 3 is 0.880 bits per heavy atom. The summed E-state index contributed by atoms with van der Waals surface area (Å²) in [5.41, 5.74) is 0. The van der Waals surface area contributed by atoms with Gasteiger partial charge in [0.2, 0.25) is 0 Å². The molecule has 1 atom stereocenters. The van der Waals surface area contributed by atoms with E-state index in [1.54, 1.807) is 0 Å².